The van der Waals surface area contributed by atoms with Crippen LogP contribution in [-0.4, -0.2) is 41.2 Å². The van der Waals surface area contributed by atoms with Gasteiger partial charge in [-0.1, -0.05) is 0 Å². The highest BCUT2D eigenvalue weighted by atomic mass is 16.6. The van der Waals surface area contributed by atoms with Gasteiger partial charge in [-0.25, -0.2) is 9.59 Å². The van der Waals surface area contributed by atoms with Crippen molar-refractivity contribution in [2.75, 3.05) is 6.54 Å². The van der Waals surface area contributed by atoms with Crippen LogP contribution in [0.3, 0.4) is 0 Å². The number of nitrogens with one attached hydrogen (secondary N) is 1. The smallest absolute Gasteiger partial charge is 0.415 e. The van der Waals surface area contributed by atoms with Gasteiger partial charge >= 0.3 is 6.09 Å². The molecular weight excluding hydrogens is 220 g/mol. The maximum absolute atomic E-state index is 12.0. The van der Waals surface area contributed by atoms with Gasteiger partial charge in [-0.05, 0) is 34.6 Å². The zero-order chi connectivity index (χ0) is 13.2. The van der Waals surface area contributed by atoms with E-state index in [-0.39, 0.29) is 12.1 Å². The molecule has 1 rings (SSSR count). The van der Waals surface area contributed by atoms with Crippen LogP contribution in [0.25, 0.3) is 0 Å². The molecule has 1 aliphatic heterocycles. The summed E-state index contributed by atoms with van der Waals surface area (Å²) in [5.74, 6) is 1.82. The average Bonchev–Trinajstić information content (AvgIpc) is 2.13. The minimum Gasteiger partial charge on any atom is -0.443 e. The van der Waals surface area contributed by atoms with Crippen LogP contribution in [0.4, 0.5) is 4.79 Å². The summed E-state index contributed by atoms with van der Waals surface area (Å²) in [5.41, 5.74) is -0.264. The van der Waals surface area contributed by atoms with Gasteiger partial charge in [0.1, 0.15) is 17.2 Å². The molecule has 0 radical (unpaired) electrons. The molecule has 1 fully saturated rings. The molecule has 0 spiro atoms. The first-order valence-electron chi connectivity index (χ1n) is 5.76. The van der Waals surface area contributed by atoms with Crippen LogP contribution in [0, 0.1) is 0 Å². The van der Waals surface area contributed by atoms with Gasteiger partial charge in [-0.3, -0.25) is 4.90 Å². The minimum absolute atomic E-state index is 0.120. The Hall–Kier alpha value is -1.32. The summed E-state index contributed by atoms with van der Waals surface area (Å²) in [6, 6.07) is -0.0709. The Bertz CT molecular complexity index is 353. The predicted octanol–water partition coefficient (Wildman–Crippen LogP) is 1.32. The Morgan fingerprint density at radius 1 is 1.47 bits per heavy atom. The molecule has 96 valence electrons. The van der Waals surface area contributed by atoms with Crippen molar-refractivity contribution in [3.63, 3.8) is 0 Å². The van der Waals surface area contributed by atoms with Crippen molar-refractivity contribution < 1.29 is 14.3 Å². The molecule has 0 bridgehead atoms. The highest BCUT2D eigenvalue weighted by molar-refractivity contribution is 5.75. The Morgan fingerprint density at radius 2 is 2.06 bits per heavy atom. The summed E-state index contributed by atoms with van der Waals surface area (Å²) >= 11 is 0. The molecule has 0 aromatic carbocycles. The standard InChI is InChI=1S/C12H20N2O3/c1-8-6-14(10(7-15)9(2)13-8)11(16)17-12(3,4)5/h8-9,13H,6H2,1-5H3. The predicted molar refractivity (Wildman–Crippen MR) is 64.2 cm³/mol. The number of carbonyl (C=O) groups is 1. The van der Waals surface area contributed by atoms with Gasteiger partial charge in [0.2, 0.25) is 0 Å². The molecule has 0 saturated carbocycles. The van der Waals surface area contributed by atoms with E-state index in [1.165, 1.54) is 4.90 Å². The van der Waals surface area contributed by atoms with E-state index in [0.29, 0.717) is 12.2 Å². The minimum atomic E-state index is -0.567. The van der Waals surface area contributed by atoms with Crippen molar-refractivity contribution >= 4 is 12.0 Å². The lowest BCUT2D eigenvalue weighted by molar-refractivity contribution is 0.0258. The van der Waals surface area contributed by atoms with E-state index in [1.807, 2.05) is 19.8 Å². The van der Waals surface area contributed by atoms with Crippen LogP contribution in [0.15, 0.2) is 5.70 Å². The van der Waals surface area contributed by atoms with E-state index in [1.54, 1.807) is 20.8 Å². The SMILES string of the molecule is CC1CN(C(=O)OC(C)(C)C)C(=C=O)C(C)N1. The lowest BCUT2D eigenvalue weighted by Crippen LogP contribution is -2.55. The lowest BCUT2D eigenvalue weighted by atomic mass is 10.1. The fourth-order valence-electron chi connectivity index (χ4n) is 1.80. The number of carbonyl (C=O) groups excluding carboxylic acids is 2. The van der Waals surface area contributed by atoms with E-state index in [0.717, 1.165) is 0 Å². The van der Waals surface area contributed by atoms with Gasteiger partial charge in [-0.15, -0.1) is 0 Å². The molecule has 5 nitrogen and oxygen atoms in total. The van der Waals surface area contributed by atoms with Crippen LogP contribution >= 0.6 is 0 Å². The fourth-order valence-corrected chi connectivity index (χ4v) is 1.80. The summed E-state index contributed by atoms with van der Waals surface area (Å²) in [7, 11) is 0. The monoisotopic (exact) mass is 240 g/mol. The van der Waals surface area contributed by atoms with E-state index < -0.39 is 11.7 Å². The number of ether oxygens (including phenoxy) is 1. The third-order valence-corrected chi connectivity index (χ3v) is 2.41. The Kier molecular flexibility index (Phi) is 3.96. The van der Waals surface area contributed by atoms with Crippen molar-refractivity contribution in [1.82, 2.24) is 10.2 Å². The molecule has 0 aromatic heterocycles. The molecule has 1 saturated heterocycles. The first-order chi connectivity index (χ1) is 7.74. The van der Waals surface area contributed by atoms with Crippen LogP contribution in [-0.2, 0) is 9.53 Å². The largest absolute Gasteiger partial charge is 0.443 e. The third-order valence-electron chi connectivity index (χ3n) is 2.41. The molecule has 2 unspecified atom stereocenters. The van der Waals surface area contributed by atoms with E-state index >= 15 is 0 Å². The first kappa shape index (κ1) is 13.7. The molecular formula is C12H20N2O3. The molecule has 2 atom stereocenters. The van der Waals surface area contributed by atoms with Crippen molar-refractivity contribution in [2.45, 2.75) is 52.3 Å². The van der Waals surface area contributed by atoms with Crippen molar-refractivity contribution in [1.29, 1.82) is 0 Å². The Balaban J connectivity index is 2.86. The number of amides is 1. The van der Waals surface area contributed by atoms with Gasteiger partial charge in [0.05, 0.1) is 6.04 Å². The van der Waals surface area contributed by atoms with Gasteiger partial charge in [-0.2, -0.15) is 0 Å². The second-order valence-electron chi connectivity index (χ2n) is 5.37. The van der Waals surface area contributed by atoms with Crippen molar-refractivity contribution in [3.05, 3.63) is 5.70 Å². The number of hydrogen-bond donors (Lipinski definition) is 1. The first-order valence-corrected chi connectivity index (χ1v) is 5.76. The van der Waals surface area contributed by atoms with Crippen LogP contribution < -0.4 is 5.32 Å². The third kappa shape index (κ3) is 3.58. The second kappa shape index (κ2) is 4.90. The van der Waals surface area contributed by atoms with Crippen LogP contribution in [0.1, 0.15) is 34.6 Å². The second-order valence-corrected chi connectivity index (χ2v) is 5.37. The maximum atomic E-state index is 12.0. The summed E-state index contributed by atoms with van der Waals surface area (Å²) in [6.45, 7) is 9.59. The molecule has 0 aliphatic carbocycles. The van der Waals surface area contributed by atoms with Gasteiger partial charge < -0.3 is 10.1 Å². The van der Waals surface area contributed by atoms with Crippen molar-refractivity contribution in [3.8, 4) is 0 Å². The van der Waals surface area contributed by atoms with E-state index in [4.69, 9.17) is 4.74 Å². The molecule has 17 heavy (non-hydrogen) atoms. The summed E-state index contributed by atoms with van der Waals surface area (Å²) in [5, 5.41) is 3.18. The number of nitrogens with zero attached hydrogens (tertiary/aromatic N) is 1. The molecule has 1 N–H and O–H groups in total. The van der Waals surface area contributed by atoms with Crippen LogP contribution in [0.5, 0.6) is 0 Å². The van der Waals surface area contributed by atoms with Gasteiger partial charge in [0.15, 0.2) is 0 Å². The Labute approximate surface area is 102 Å². The van der Waals surface area contributed by atoms with Crippen LogP contribution in [0.2, 0.25) is 0 Å². The van der Waals surface area contributed by atoms with Gasteiger partial charge in [0.25, 0.3) is 0 Å². The highest BCUT2D eigenvalue weighted by Crippen LogP contribution is 2.18. The molecule has 1 aliphatic rings. The molecule has 0 aromatic rings. The number of rotatable bonds is 0. The van der Waals surface area contributed by atoms with Crippen molar-refractivity contribution in [2.24, 2.45) is 0 Å². The zero-order valence-corrected chi connectivity index (χ0v) is 11.0. The highest BCUT2D eigenvalue weighted by Gasteiger charge is 2.33. The van der Waals surface area contributed by atoms with E-state index in [9.17, 15) is 9.59 Å². The average molecular weight is 240 g/mol. The summed E-state index contributed by atoms with van der Waals surface area (Å²) < 4.78 is 5.27. The topological polar surface area (TPSA) is 58.6 Å². The van der Waals surface area contributed by atoms with Gasteiger partial charge in [0, 0.05) is 12.6 Å². The molecule has 5 heteroatoms. The quantitative estimate of drug-likeness (QED) is 0.649. The fraction of sp³-hybridized carbons (Fsp3) is 0.750. The maximum Gasteiger partial charge on any atom is 0.415 e. The molecule has 1 amide bonds. The number of hydrogen-bond acceptors (Lipinski definition) is 4. The number of piperazine rings is 1. The molecule has 1 heterocycles. The zero-order valence-electron chi connectivity index (χ0n) is 11.0. The normalized spacial score (nSPS) is 25.5. The summed E-state index contributed by atoms with van der Waals surface area (Å²) in [4.78, 5) is 24.2. The summed E-state index contributed by atoms with van der Waals surface area (Å²) in [6.07, 6.45) is -0.490. The Morgan fingerprint density at radius 3 is 2.53 bits per heavy atom. The van der Waals surface area contributed by atoms with E-state index in [2.05, 4.69) is 5.32 Å². The lowest BCUT2D eigenvalue weighted by Gasteiger charge is -2.37.